The summed E-state index contributed by atoms with van der Waals surface area (Å²) in [6, 6.07) is 0. The lowest BCUT2D eigenvalue weighted by Gasteiger charge is -2.14. The van der Waals surface area contributed by atoms with E-state index in [0.717, 1.165) is 23.5 Å². The molecule has 0 saturated carbocycles. The number of amides is 1. The van der Waals surface area contributed by atoms with Crippen molar-refractivity contribution in [3.63, 3.8) is 0 Å². The maximum Gasteiger partial charge on any atom is 0.249 e. The second-order valence-corrected chi connectivity index (χ2v) is 7.10. The highest BCUT2D eigenvalue weighted by atomic mass is 35.5. The van der Waals surface area contributed by atoms with Crippen molar-refractivity contribution < 1.29 is 9.53 Å². The molecule has 1 amide bonds. The molecule has 1 aliphatic heterocycles. The van der Waals surface area contributed by atoms with E-state index in [1.54, 1.807) is 11.3 Å². The van der Waals surface area contributed by atoms with Crippen LogP contribution in [-0.4, -0.2) is 29.6 Å². The largest absolute Gasteiger partial charge is 0.364 e. The first-order chi connectivity index (χ1) is 9.40. The van der Waals surface area contributed by atoms with Crippen molar-refractivity contribution in [1.82, 2.24) is 10.3 Å². The normalized spacial score (nSPS) is 20.9. The molecule has 0 spiro atoms. The van der Waals surface area contributed by atoms with E-state index in [9.17, 15) is 4.79 Å². The molecular formula is C14H25Cl2N3O2S. The summed E-state index contributed by atoms with van der Waals surface area (Å²) in [5.74, 6) is -0.0616. The second-order valence-electron chi connectivity index (χ2n) is 6.15. The Morgan fingerprint density at radius 1 is 1.45 bits per heavy atom. The molecule has 1 saturated heterocycles. The van der Waals surface area contributed by atoms with Crippen LogP contribution in [0.2, 0.25) is 0 Å². The van der Waals surface area contributed by atoms with Gasteiger partial charge in [-0.3, -0.25) is 4.79 Å². The number of nitrogens with one attached hydrogen (secondary N) is 1. The predicted octanol–water partition coefficient (Wildman–Crippen LogP) is 2.41. The molecule has 2 rings (SSSR count). The first kappa shape index (κ1) is 21.6. The fourth-order valence-corrected chi connectivity index (χ4v) is 3.05. The van der Waals surface area contributed by atoms with E-state index in [4.69, 9.17) is 10.5 Å². The van der Waals surface area contributed by atoms with Crippen LogP contribution in [0.4, 0.5) is 0 Å². The number of nitrogens with zero attached hydrogens (tertiary/aromatic N) is 1. The molecule has 1 aliphatic rings. The molecule has 8 heteroatoms. The van der Waals surface area contributed by atoms with Crippen LogP contribution in [0, 0.1) is 0 Å². The van der Waals surface area contributed by atoms with Gasteiger partial charge in [-0.1, -0.05) is 20.8 Å². The topological polar surface area (TPSA) is 77.2 Å². The van der Waals surface area contributed by atoms with Crippen molar-refractivity contribution in [3.8, 4) is 0 Å². The van der Waals surface area contributed by atoms with E-state index < -0.39 is 0 Å². The van der Waals surface area contributed by atoms with E-state index in [0.29, 0.717) is 13.1 Å². The molecule has 2 heterocycles. The van der Waals surface area contributed by atoms with E-state index in [1.165, 1.54) is 0 Å². The molecule has 0 unspecified atom stereocenters. The van der Waals surface area contributed by atoms with Gasteiger partial charge in [0.1, 0.15) is 11.1 Å². The van der Waals surface area contributed by atoms with Crippen LogP contribution in [-0.2, 0) is 21.5 Å². The lowest BCUT2D eigenvalue weighted by atomic mass is 9.93. The zero-order valence-electron chi connectivity index (χ0n) is 13.1. The van der Waals surface area contributed by atoms with Gasteiger partial charge >= 0.3 is 0 Å². The van der Waals surface area contributed by atoms with Crippen molar-refractivity contribution in [1.29, 1.82) is 0 Å². The quantitative estimate of drug-likeness (QED) is 0.853. The average molecular weight is 370 g/mol. The van der Waals surface area contributed by atoms with Crippen molar-refractivity contribution in [2.75, 3.05) is 6.54 Å². The summed E-state index contributed by atoms with van der Waals surface area (Å²) in [6.07, 6.45) is 1.28. The highest BCUT2D eigenvalue weighted by molar-refractivity contribution is 7.09. The molecule has 128 valence electrons. The molecule has 2 atom stereocenters. The number of hydrogen-bond donors (Lipinski definition) is 2. The van der Waals surface area contributed by atoms with Crippen LogP contribution >= 0.6 is 36.2 Å². The molecular weight excluding hydrogens is 345 g/mol. The summed E-state index contributed by atoms with van der Waals surface area (Å²) in [4.78, 5) is 16.5. The second kappa shape index (κ2) is 9.03. The van der Waals surface area contributed by atoms with Crippen LogP contribution in [0.5, 0.6) is 0 Å². The number of rotatable bonds is 4. The number of nitrogens with two attached hydrogens (primary N) is 1. The van der Waals surface area contributed by atoms with Gasteiger partial charge in [0.2, 0.25) is 5.91 Å². The summed E-state index contributed by atoms with van der Waals surface area (Å²) >= 11 is 1.58. The fourth-order valence-electron chi connectivity index (χ4n) is 2.09. The average Bonchev–Trinajstić information content (AvgIpc) is 3.04. The summed E-state index contributed by atoms with van der Waals surface area (Å²) in [7, 11) is 0. The Bertz CT molecular complexity index is 477. The molecule has 0 bridgehead atoms. The fraction of sp³-hybridized carbons (Fsp3) is 0.714. The van der Waals surface area contributed by atoms with E-state index >= 15 is 0 Å². The maximum absolute atomic E-state index is 12.0. The standard InChI is InChI=1S/C14H23N3O2S.2ClH/c1-14(2,3)11-8-20-12(17-11)7-16-13(18)10-5-4-9(6-15)19-10;;/h8-10H,4-7,15H2,1-3H3,(H,16,18);2*1H/t9-,10+;;/m1../s1. The molecule has 22 heavy (non-hydrogen) atoms. The van der Waals surface area contributed by atoms with Crippen molar-refractivity contribution in [2.24, 2.45) is 5.73 Å². The van der Waals surface area contributed by atoms with Gasteiger partial charge in [0.05, 0.1) is 18.3 Å². The summed E-state index contributed by atoms with van der Waals surface area (Å²) in [6.45, 7) is 7.33. The highest BCUT2D eigenvalue weighted by Gasteiger charge is 2.29. The van der Waals surface area contributed by atoms with E-state index in [-0.39, 0.29) is 48.3 Å². The highest BCUT2D eigenvalue weighted by Crippen LogP contribution is 2.24. The lowest BCUT2D eigenvalue weighted by Crippen LogP contribution is -2.35. The minimum atomic E-state index is -0.356. The number of carbonyl (C=O) groups is 1. The predicted molar refractivity (Wildman–Crippen MR) is 94.1 cm³/mol. The summed E-state index contributed by atoms with van der Waals surface area (Å²) in [5, 5.41) is 5.87. The van der Waals surface area contributed by atoms with Gasteiger partial charge in [-0.25, -0.2) is 4.98 Å². The molecule has 1 aromatic rings. The van der Waals surface area contributed by atoms with Gasteiger partial charge < -0.3 is 15.8 Å². The Morgan fingerprint density at radius 2 is 2.14 bits per heavy atom. The van der Waals surface area contributed by atoms with Crippen molar-refractivity contribution >= 4 is 42.1 Å². The number of ether oxygens (including phenoxy) is 1. The number of hydrogen-bond acceptors (Lipinski definition) is 5. The van der Waals surface area contributed by atoms with Crippen LogP contribution in [0.1, 0.15) is 44.3 Å². The molecule has 5 nitrogen and oxygen atoms in total. The number of halogens is 2. The summed E-state index contributed by atoms with van der Waals surface area (Å²) in [5.41, 5.74) is 6.65. The monoisotopic (exact) mass is 369 g/mol. The van der Waals surface area contributed by atoms with E-state index in [2.05, 4.69) is 36.5 Å². The third kappa shape index (κ3) is 5.66. The number of carbonyl (C=O) groups excluding carboxylic acids is 1. The third-order valence-corrected chi connectivity index (χ3v) is 4.25. The van der Waals surface area contributed by atoms with Crippen molar-refractivity contribution in [2.45, 2.75) is 57.8 Å². The van der Waals surface area contributed by atoms with Gasteiger partial charge in [-0.05, 0) is 12.8 Å². The zero-order valence-corrected chi connectivity index (χ0v) is 15.6. The summed E-state index contributed by atoms with van der Waals surface area (Å²) < 4.78 is 5.57. The number of thiazole rings is 1. The van der Waals surface area contributed by atoms with E-state index in [1.807, 2.05) is 0 Å². The minimum Gasteiger partial charge on any atom is -0.364 e. The lowest BCUT2D eigenvalue weighted by molar-refractivity contribution is -0.132. The molecule has 1 aromatic heterocycles. The Morgan fingerprint density at radius 3 is 2.64 bits per heavy atom. The van der Waals surface area contributed by atoms with Gasteiger partial charge in [-0.2, -0.15) is 0 Å². The molecule has 0 radical (unpaired) electrons. The van der Waals surface area contributed by atoms with Gasteiger partial charge in [0.15, 0.2) is 0 Å². The maximum atomic E-state index is 12.0. The smallest absolute Gasteiger partial charge is 0.249 e. The SMILES string of the molecule is CC(C)(C)c1csc(CNC(=O)[C@@H]2CC[C@H](CN)O2)n1.Cl.Cl. The Hall–Kier alpha value is -0.400. The Balaban J connectivity index is 0.00000220. The van der Waals surface area contributed by atoms with Crippen LogP contribution < -0.4 is 11.1 Å². The van der Waals surface area contributed by atoms with Gasteiger partial charge in [-0.15, -0.1) is 36.2 Å². The first-order valence-electron chi connectivity index (χ1n) is 6.98. The van der Waals surface area contributed by atoms with Crippen LogP contribution in [0.25, 0.3) is 0 Å². The number of aromatic nitrogens is 1. The molecule has 0 aromatic carbocycles. The van der Waals surface area contributed by atoms with Gasteiger partial charge in [0.25, 0.3) is 0 Å². The Labute approximate surface area is 148 Å². The first-order valence-corrected chi connectivity index (χ1v) is 7.86. The zero-order chi connectivity index (χ0) is 14.8. The molecule has 1 fully saturated rings. The van der Waals surface area contributed by atoms with Crippen LogP contribution in [0.3, 0.4) is 0 Å². The van der Waals surface area contributed by atoms with Crippen LogP contribution in [0.15, 0.2) is 5.38 Å². The van der Waals surface area contributed by atoms with Crippen molar-refractivity contribution in [3.05, 3.63) is 16.1 Å². The third-order valence-electron chi connectivity index (χ3n) is 3.40. The molecule has 3 N–H and O–H groups in total. The Kier molecular flexibility index (Phi) is 8.87. The molecule has 0 aliphatic carbocycles. The minimum absolute atomic E-state index is 0. The van der Waals surface area contributed by atoms with Gasteiger partial charge in [0, 0.05) is 17.3 Å².